The Morgan fingerprint density at radius 3 is 2.85 bits per heavy atom. The van der Waals surface area contributed by atoms with Gasteiger partial charge in [0, 0.05) is 0 Å². The average Bonchev–Trinajstić information content (AvgIpc) is 2.07. The molecule has 76 valence electrons. The van der Waals surface area contributed by atoms with Gasteiger partial charge in [-0.1, -0.05) is 19.8 Å². The first-order valence-corrected chi connectivity index (χ1v) is 4.89. The Balaban J connectivity index is 2.45. The zero-order valence-electron chi connectivity index (χ0n) is 8.63. The van der Waals surface area contributed by atoms with Crippen LogP contribution in [0.25, 0.3) is 0 Å². The van der Waals surface area contributed by atoms with E-state index in [1.807, 2.05) is 13.8 Å². The van der Waals surface area contributed by atoms with Gasteiger partial charge in [-0.05, 0) is 20.3 Å². The van der Waals surface area contributed by atoms with Crippen molar-refractivity contribution in [1.29, 1.82) is 0 Å². The smallest absolute Gasteiger partial charge is 0.187 e. The van der Waals surface area contributed by atoms with Crippen molar-refractivity contribution in [2.45, 2.75) is 51.9 Å². The molecule has 1 atom stereocenters. The molecule has 3 nitrogen and oxygen atoms in total. The van der Waals surface area contributed by atoms with Crippen molar-refractivity contribution in [3.8, 4) is 0 Å². The number of hydrogen-bond donors (Lipinski definition) is 0. The average molecular weight is 186 g/mol. The minimum absolute atomic E-state index is 0.0766. The van der Waals surface area contributed by atoms with Gasteiger partial charge in [0.15, 0.2) is 11.6 Å². The third-order valence-electron chi connectivity index (χ3n) is 2.17. The van der Waals surface area contributed by atoms with Crippen molar-refractivity contribution in [2.75, 3.05) is 6.61 Å². The van der Waals surface area contributed by atoms with Gasteiger partial charge in [-0.25, -0.2) is 0 Å². The third kappa shape index (κ3) is 3.08. The van der Waals surface area contributed by atoms with Crippen LogP contribution in [-0.2, 0) is 14.3 Å². The highest BCUT2D eigenvalue weighted by molar-refractivity contribution is 5.84. The second-order valence-corrected chi connectivity index (χ2v) is 3.90. The zero-order valence-corrected chi connectivity index (χ0v) is 8.63. The van der Waals surface area contributed by atoms with Crippen LogP contribution in [0.1, 0.15) is 40.0 Å². The van der Waals surface area contributed by atoms with E-state index in [2.05, 4.69) is 6.92 Å². The lowest BCUT2D eigenvalue weighted by Crippen LogP contribution is -2.45. The van der Waals surface area contributed by atoms with E-state index in [0.29, 0.717) is 0 Å². The molecule has 0 aromatic carbocycles. The molecule has 3 heteroatoms. The van der Waals surface area contributed by atoms with Crippen LogP contribution in [0.15, 0.2) is 0 Å². The van der Waals surface area contributed by atoms with Crippen LogP contribution in [0.4, 0.5) is 0 Å². The molecule has 1 aliphatic rings. The highest BCUT2D eigenvalue weighted by Crippen LogP contribution is 2.22. The summed E-state index contributed by atoms with van der Waals surface area (Å²) in [5.74, 6) is -0.514. The molecule has 1 unspecified atom stereocenters. The summed E-state index contributed by atoms with van der Waals surface area (Å²) in [6.07, 6.45) is 2.70. The van der Waals surface area contributed by atoms with Gasteiger partial charge in [0.2, 0.25) is 0 Å². The Kier molecular flexibility index (Phi) is 3.45. The maximum atomic E-state index is 11.3. The fraction of sp³-hybridized carbons (Fsp3) is 0.900. The predicted molar refractivity (Wildman–Crippen MR) is 49.4 cm³/mol. The summed E-state index contributed by atoms with van der Waals surface area (Å²) in [7, 11) is 0. The molecule has 1 heterocycles. The number of unbranched alkanes of at least 4 members (excludes halogenated alkanes) is 1. The second-order valence-electron chi connectivity index (χ2n) is 3.90. The first-order chi connectivity index (χ1) is 6.05. The normalized spacial score (nSPS) is 27.6. The summed E-state index contributed by atoms with van der Waals surface area (Å²) in [6, 6.07) is 0. The maximum Gasteiger partial charge on any atom is 0.187 e. The summed E-state index contributed by atoms with van der Waals surface area (Å²) < 4.78 is 10.7. The fourth-order valence-electron chi connectivity index (χ4n) is 1.39. The summed E-state index contributed by atoms with van der Waals surface area (Å²) >= 11 is 0. The Bertz CT molecular complexity index is 187. The highest BCUT2D eigenvalue weighted by atomic mass is 16.7. The molecule has 0 amide bonds. The van der Waals surface area contributed by atoms with Crippen molar-refractivity contribution < 1.29 is 14.3 Å². The van der Waals surface area contributed by atoms with E-state index < -0.39 is 5.79 Å². The van der Waals surface area contributed by atoms with Crippen molar-refractivity contribution in [3.63, 3.8) is 0 Å². The van der Waals surface area contributed by atoms with Gasteiger partial charge in [0.05, 0.1) is 0 Å². The number of hydrogen-bond acceptors (Lipinski definition) is 3. The number of ether oxygens (including phenoxy) is 2. The van der Waals surface area contributed by atoms with E-state index in [1.54, 1.807) is 0 Å². The Hall–Kier alpha value is -0.410. The molecular formula is C10H18O3. The number of rotatable bonds is 3. The number of ketones is 1. The van der Waals surface area contributed by atoms with E-state index in [4.69, 9.17) is 9.47 Å². The summed E-state index contributed by atoms with van der Waals surface area (Å²) in [5.41, 5.74) is 0. The monoisotopic (exact) mass is 186 g/mol. The third-order valence-corrected chi connectivity index (χ3v) is 2.17. The molecular weight excluding hydrogens is 168 g/mol. The van der Waals surface area contributed by atoms with Gasteiger partial charge in [0.1, 0.15) is 12.7 Å². The lowest BCUT2D eigenvalue weighted by atomic mass is 10.1. The summed E-state index contributed by atoms with van der Waals surface area (Å²) in [4.78, 5) is 11.3. The van der Waals surface area contributed by atoms with Crippen LogP contribution in [-0.4, -0.2) is 24.3 Å². The summed E-state index contributed by atoms with van der Waals surface area (Å²) in [5, 5.41) is 0. The molecule has 0 bridgehead atoms. The first kappa shape index (κ1) is 10.7. The molecule has 0 aromatic rings. The number of carbonyl (C=O) groups excluding carboxylic acids is 1. The standard InChI is InChI=1S/C10H18O3/c1-4-5-6-9-8(11)7-12-10(2,3)13-9/h9H,4-7H2,1-3H3. The fourth-order valence-corrected chi connectivity index (χ4v) is 1.39. The largest absolute Gasteiger partial charge is 0.343 e. The Labute approximate surface area is 79.4 Å². The van der Waals surface area contributed by atoms with E-state index in [1.165, 1.54) is 0 Å². The highest BCUT2D eigenvalue weighted by Gasteiger charge is 2.34. The molecule has 13 heavy (non-hydrogen) atoms. The second kappa shape index (κ2) is 4.20. The van der Waals surface area contributed by atoms with Crippen LogP contribution >= 0.6 is 0 Å². The number of carbonyl (C=O) groups is 1. The van der Waals surface area contributed by atoms with Gasteiger partial charge < -0.3 is 9.47 Å². The lowest BCUT2D eigenvalue weighted by molar-refractivity contribution is -0.259. The van der Waals surface area contributed by atoms with Crippen LogP contribution in [0.3, 0.4) is 0 Å². The minimum atomic E-state index is -0.591. The van der Waals surface area contributed by atoms with Gasteiger partial charge in [-0.2, -0.15) is 0 Å². The van der Waals surface area contributed by atoms with E-state index >= 15 is 0 Å². The SMILES string of the molecule is CCCCC1OC(C)(C)OCC1=O. The number of Topliss-reactive ketones (excluding diaryl/α,β-unsaturated/α-hetero) is 1. The van der Waals surface area contributed by atoms with Crippen molar-refractivity contribution in [3.05, 3.63) is 0 Å². The van der Waals surface area contributed by atoms with Crippen LogP contribution in [0.5, 0.6) is 0 Å². The minimum Gasteiger partial charge on any atom is -0.343 e. The van der Waals surface area contributed by atoms with E-state index in [-0.39, 0.29) is 18.5 Å². The van der Waals surface area contributed by atoms with Gasteiger partial charge in [0.25, 0.3) is 0 Å². The zero-order chi connectivity index (χ0) is 9.90. The van der Waals surface area contributed by atoms with Gasteiger partial charge >= 0.3 is 0 Å². The van der Waals surface area contributed by atoms with Crippen molar-refractivity contribution >= 4 is 5.78 Å². The molecule has 0 spiro atoms. The van der Waals surface area contributed by atoms with Crippen LogP contribution < -0.4 is 0 Å². The molecule has 0 aliphatic carbocycles. The van der Waals surface area contributed by atoms with Crippen molar-refractivity contribution in [1.82, 2.24) is 0 Å². The maximum absolute atomic E-state index is 11.3. The molecule has 0 N–H and O–H groups in total. The topological polar surface area (TPSA) is 35.5 Å². The molecule has 1 rings (SSSR count). The molecule has 0 radical (unpaired) electrons. The molecule has 1 aliphatic heterocycles. The molecule has 0 aromatic heterocycles. The molecule has 1 saturated heterocycles. The van der Waals surface area contributed by atoms with Crippen LogP contribution in [0.2, 0.25) is 0 Å². The van der Waals surface area contributed by atoms with Crippen LogP contribution in [0, 0.1) is 0 Å². The predicted octanol–water partition coefficient (Wildman–Crippen LogP) is 1.90. The Morgan fingerprint density at radius 1 is 1.54 bits per heavy atom. The van der Waals surface area contributed by atoms with Gasteiger partial charge in [-0.3, -0.25) is 4.79 Å². The summed E-state index contributed by atoms with van der Waals surface area (Å²) in [6.45, 7) is 5.99. The lowest BCUT2D eigenvalue weighted by Gasteiger charge is -2.34. The Morgan fingerprint density at radius 2 is 2.23 bits per heavy atom. The van der Waals surface area contributed by atoms with Gasteiger partial charge in [-0.15, -0.1) is 0 Å². The molecule has 0 saturated carbocycles. The molecule has 1 fully saturated rings. The van der Waals surface area contributed by atoms with E-state index in [9.17, 15) is 4.79 Å². The first-order valence-electron chi connectivity index (χ1n) is 4.89. The quantitative estimate of drug-likeness (QED) is 0.675. The van der Waals surface area contributed by atoms with Crippen molar-refractivity contribution in [2.24, 2.45) is 0 Å². The van der Waals surface area contributed by atoms with E-state index in [0.717, 1.165) is 19.3 Å².